The largest absolute Gasteiger partial charge is 0.497 e. The van der Waals surface area contributed by atoms with Gasteiger partial charge >= 0.3 is 0 Å². The summed E-state index contributed by atoms with van der Waals surface area (Å²) < 4.78 is 5.24. The van der Waals surface area contributed by atoms with E-state index in [-0.39, 0.29) is 17.5 Å². The van der Waals surface area contributed by atoms with Crippen molar-refractivity contribution in [3.8, 4) is 5.75 Å². The second-order valence-corrected chi connectivity index (χ2v) is 8.08. The zero-order chi connectivity index (χ0) is 22.1. The third-order valence-corrected chi connectivity index (χ3v) is 5.52. The van der Waals surface area contributed by atoms with Gasteiger partial charge in [0.1, 0.15) is 11.4 Å². The molecule has 3 aromatic rings. The highest BCUT2D eigenvalue weighted by atomic mass is 32.1. The maximum absolute atomic E-state index is 12.8. The number of ether oxygens (including phenoxy) is 1. The number of carbonyl (C=O) groups is 2. The van der Waals surface area contributed by atoms with Crippen LogP contribution in [0.3, 0.4) is 0 Å². The van der Waals surface area contributed by atoms with Gasteiger partial charge in [-0.1, -0.05) is 35.9 Å². The Hall–Kier alpha value is -3.38. The predicted molar refractivity (Wildman–Crippen MR) is 125 cm³/mol. The highest BCUT2D eigenvalue weighted by Crippen LogP contribution is 2.15. The molecular weight excluding hydrogens is 408 g/mol. The maximum Gasteiger partial charge on any atom is 0.267 e. The van der Waals surface area contributed by atoms with Crippen molar-refractivity contribution in [1.29, 1.82) is 0 Å². The lowest BCUT2D eigenvalue weighted by Gasteiger charge is -2.11. The molecule has 0 fully saturated rings. The van der Waals surface area contributed by atoms with E-state index >= 15 is 0 Å². The maximum atomic E-state index is 12.8. The van der Waals surface area contributed by atoms with Crippen LogP contribution in [0.5, 0.6) is 5.75 Å². The van der Waals surface area contributed by atoms with Crippen LogP contribution in [0.1, 0.15) is 32.8 Å². The fourth-order valence-corrected chi connectivity index (χ4v) is 3.65. The molecule has 0 aliphatic carbocycles. The van der Waals surface area contributed by atoms with E-state index < -0.39 is 0 Å². The normalized spacial score (nSPS) is 11.1. The van der Waals surface area contributed by atoms with Gasteiger partial charge in [0.2, 0.25) is 0 Å². The smallest absolute Gasteiger partial charge is 0.267 e. The van der Waals surface area contributed by atoms with Crippen molar-refractivity contribution in [2.24, 2.45) is 0 Å². The first kappa shape index (κ1) is 22.3. The van der Waals surface area contributed by atoms with Crippen molar-refractivity contribution < 1.29 is 14.3 Å². The number of aryl methyl sites for hydroxylation is 2. The first-order valence-corrected chi connectivity index (χ1v) is 11.0. The van der Waals surface area contributed by atoms with E-state index in [9.17, 15) is 9.59 Å². The number of rotatable bonds is 9. The first-order chi connectivity index (χ1) is 15.0. The van der Waals surface area contributed by atoms with Crippen molar-refractivity contribution in [3.05, 3.63) is 93.3 Å². The van der Waals surface area contributed by atoms with E-state index in [2.05, 4.69) is 10.6 Å². The molecule has 0 unspecified atom stereocenters. The van der Waals surface area contributed by atoms with Crippen LogP contribution in [0.15, 0.2) is 71.7 Å². The van der Waals surface area contributed by atoms with Gasteiger partial charge in [-0.25, -0.2) is 0 Å². The Kier molecular flexibility index (Phi) is 8.01. The highest BCUT2D eigenvalue weighted by Gasteiger charge is 2.14. The molecule has 2 aromatic carbocycles. The second kappa shape index (κ2) is 11.1. The van der Waals surface area contributed by atoms with E-state index in [4.69, 9.17) is 4.74 Å². The number of nitrogens with one attached hydrogen (secondary N) is 2. The van der Waals surface area contributed by atoms with Gasteiger partial charge in [-0.2, -0.15) is 0 Å². The van der Waals surface area contributed by atoms with Crippen LogP contribution in [0.4, 0.5) is 0 Å². The molecule has 0 aliphatic rings. The number of amides is 2. The van der Waals surface area contributed by atoms with Gasteiger partial charge in [-0.3, -0.25) is 9.59 Å². The summed E-state index contributed by atoms with van der Waals surface area (Å²) in [6.45, 7) is 2.46. The van der Waals surface area contributed by atoms with Crippen LogP contribution in [0.2, 0.25) is 0 Å². The quantitative estimate of drug-likeness (QED) is 0.382. The molecule has 160 valence electrons. The summed E-state index contributed by atoms with van der Waals surface area (Å²) >= 11 is 1.50. The third kappa shape index (κ3) is 6.83. The summed E-state index contributed by atoms with van der Waals surface area (Å²) in [7, 11) is 1.64. The highest BCUT2D eigenvalue weighted by molar-refractivity contribution is 7.10. The molecular formula is C25H26N2O3S. The Morgan fingerprint density at radius 3 is 2.58 bits per heavy atom. The molecule has 31 heavy (non-hydrogen) atoms. The minimum atomic E-state index is -0.311. The second-order valence-electron chi connectivity index (χ2n) is 7.10. The minimum absolute atomic E-state index is 0.231. The lowest BCUT2D eigenvalue weighted by Crippen LogP contribution is -2.35. The fraction of sp³-hybridized carbons (Fsp3) is 0.200. The number of methoxy groups -OCH3 is 1. The number of benzene rings is 2. The van der Waals surface area contributed by atoms with Crippen LogP contribution in [0, 0.1) is 6.92 Å². The predicted octanol–water partition coefficient (Wildman–Crippen LogP) is 4.59. The molecule has 0 radical (unpaired) electrons. The van der Waals surface area contributed by atoms with Crippen molar-refractivity contribution in [2.75, 3.05) is 13.7 Å². The molecule has 2 amide bonds. The Morgan fingerprint density at radius 1 is 1.06 bits per heavy atom. The van der Waals surface area contributed by atoms with Gasteiger partial charge in [0.15, 0.2) is 0 Å². The molecule has 6 heteroatoms. The number of carbonyl (C=O) groups excluding carboxylic acids is 2. The summed E-state index contributed by atoms with van der Waals surface area (Å²) in [4.78, 5) is 26.3. The molecule has 1 aromatic heterocycles. The number of hydrogen-bond acceptors (Lipinski definition) is 4. The molecule has 0 aliphatic heterocycles. The molecule has 1 heterocycles. The number of hydrogen-bond donors (Lipinski definition) is 2. The van der Waals surface area contributed by atoms with Gasteiger partial charge in [0.05, 0.1) is 7.11 Å². The van der Waals surface area contributed by atoms with E-state index in [0.29, 0.717) is 12.1 Å². The van der Waals surface area contributed by atoms with E-state index in [1.165, 1.54) is 11.3 Å². The van der Waals surface area contributed by atoms with Crippen molar-refractivity contribution >= 4 is 29.2 Å². The standard InChI is InChI=1S/C25H26N2O3S/c1-18-10-12-20(13-11-18)24(28)27-23(17-22-9-5-15-31-22)25(29)26-14-4-7-19-6-3-8-21(16-19)30-2/h3,5-6,8-13,15-17H,4,7,14H2,1-2H3,(H,26,29)(H,27,28)/b23-17-. The Morgan fingerprint density at radius 2 is 1.87 bits per heavy atom. The topological polar surface area (TPSA) is 67.4 Å². The van der Waals surface area contributed by atoms with Crippen LogP contribution in [-0.4, -0.2) is 25.5 Å². The van der Waals surface area contributed by atoms with Crippen LogP contribution < -0.4 is 15.4 Å². The zero-order valence-electron chi connectivity index (χ0n) is 17.7. The molecule has 0 saturated heterocycles. The van der Waals surface area contributed by atoms with Gasteiger partial charge in [0.25, 0.3) is 11.8 Å². The molecule has 3 rings (SSSR count). The Balaban J connectivity index is 1.61. The summed E-state index contributed by atoms with van der Waals surface area (Å²) in [5.74, 6) is 0.204. The molecule has 0 bridgehead atoms. The summed E-state index contributed by atoms with van der Waals surface area (Å²) in [6, 6.07) is 18.9. The molecule has 0 saturated carbocycles. The average molecular weight is 435 g/mol. The summed E-state index contributed by atoms with van der Waals surface area (Å²) in [5.41, 5.74) is 2.96. The van der Waals surface area contributed by atoms with Crippen molar-refractivity contribution in [1.82, 2.24) is 10.6 Å². The molecule has 5 nitrogen and oxygen atoms in total. The minimum Gasteiger partial charge on any atom is -0.497 e. The van der Waals surface area contributed by atoms with Gasteiger partial charge in [-0.05, 0) is 67.1 Å². The van der Waals surface area contributed by atoms with E-state index in [1.54, 1.807) is 25.3 Å². The van der Waals surface area contributed by atoms with Crippen LogP contribution in [-0.2, 0) is 11.2 Å². The molecule has 0 spiro atoms. The van der Waals surface area contributed by atoms with Gasteiger partial charge in [0, 0.05) is 17.0 Å². The third-order valence-electron chi connectivity index (χ3n) is 4.70. The Labute approximate surface area is 186 Å². The van der Waals surface area contributed by atoms with Crippen molar-refractivity contribution in [2.45, 2.75) is 19.8 Å². The lowest BCUT2D eigenvalue weighted by atomic mass is 10.1. The molecule has 2 N–H and O–H groups in total. The number of thiophene rings is 1. The first-order valence-electron chi connectivity index (χ1n) is 10.1. The van der Waals surface area contributed by atoms with E-state index in [0.717, 1.165) is 34.6 Å². The van der Waals surface area contributed by atoms with Crippen LogP contribution >= 0.6 is 11.3 Å². The Bertz CT molecular complexity index is 1040. The van der Waals surface area contributed by atoms with Gasteiger partial charge in [-0.15, -0.1) is 11.3 Å². The summed E-state index contributed by atoms with van der Waals surface area (Å²) in [5, 5.41) is 7.60. The van der Waals surface area contributed by atoms with Gasteiger partial charge < -0.3 is 15.4 Å². The molecule has 0 atom stereocenters. The lowest BCUT2D eigenvalue weighted by molar-refractivity contribution is -0.117. The monoisotopic (exact) mass is 434 g/mol. The van der Waals surface area contributed by atoms with Crippen molar-refractivity contribution in [3.63, 3.8) is 0 Å². The summed E-state index contributed by atoms with van der Waals surface area (Å²) in [6.07, 6.45) is 3.29. The SMILES string of the molecule is COc1cccc(CCCNC(=O)/C(=C/c2cccs2)NC(=O)c2ccc(C)cc2)c1. The average Bonchev–Trinajstić information content (AvgIpc) is 3.30. The zero-order valence-corrected chi connectivity index (χ0v) is 18.5. The van der Waals surface area contributed by atoms with Crippen LogP contribution in [0.25, 0.3) is 6.08 Å². The fourth-order valence-electron chi connectivity index (χ4n) is 2.99. The van der Waals surface area contributed by atoms with E-state index in [1.807, 2.05) is 60.8 Å².